The fourth-order valence-corrected chi connectivity index (χ4v) is 2.66. The maximum atomic E-state index is 10.8. The van der Waals surface area contributed by atoms with Crippen LogP contribution in [-0.4, -0.2) is 21.7 Å². The van der Waals surface area contributed by atoms with Crippen molar-refractivity contribution in [1.82, 2.24) is 0 Å². The largest absolute Gasteiger partial charge is 0.540 e. The highest BCUT2D eigenvalue weighted by molar-refractivity contribution is 6.74. The molecule has 3 nitrogen and oxygen atoms in total. The molecule has 0 heterocycles. The van der Waals surface area contributed by atoms with Crippen LogP contribution < -0.4 is 9.16 Å². The van der Waals surface area contributed by atoms with Gasteiger partial charge in [0.15, 0.2) is 11.5 Å². The van der Waals surface area contributed by atoms with Crippen molar-refractivity contribution in [2.24, 2.45) is 0 Å². The molecule has 0 atom stereocenters. The van der Waals surface area contributed by atoms with Gasteiger partial charge in [0.25, 0.3) is 8.32 Å². The average Bonchev–Trinajstić information content (AvgIpc) is 2.29. The molecule has 0 saturated carbocycles. The molecule has 1 aromatic carbocycles. The van der Waals surface area contributed by atoms with E-state index in [1.54, 1.807) is 19.2 Å². The van der Waals surface area contributed by atoms with Gasteiger partial charge in [-0.1, -0.05) is 32.4 Å². The number of hydrogen-bond donors (Lipinski definition) is 0. The summed E-state index contributed by atoms with van der Waals surface area (Å²) in [5.74, 6) is 1.03. The molecule has 0 fully saturated rings. The molecule has 106 valence electrons. The molecule has 19 heavy (non-hydrogen) atoms. The molecule has 0 amide bonds. The Hall–Kier alpha value is -1.00. The standard InChI is InChI=1S/C14H21ClO3Si/c1-14(2,3)19(5,6)18-13-11(15)7-10(9-16)8-12(13)17-4/h7-9H,1-6H3. The number of carbonyl (C=O) groups is 1. The topological polar surface area (TPSA) is 35.5 Å². The Labute approximate surface area is 121 Å². The Balaban J connectivity index is 3.25. The lowest BCUT2D eigenvalue weighted by molar-refractivity contribution is 0.112. The molecular weight excluding hydrogens is 280 g/mol. The van der Waals surface area contributed by atoms with E-state index in [4.69, 9.17) is 20.8 Å². The fraction of sp³-hybridized carbons (Fsp3) is 0.500. The Morgan fingerprint density at radius 1 is 1.26 bits per heavy atom. The molecular formula is C14H21ClO3Si. The number of hydrogen-bond acceptors (Lipinski definition) is 3. The minimum atomic E-state index is -2.01. The number of rotatable bonds is 4. The molecule has 0 saturated heterocycles. The van der Waals surface area contributed by atoms with E-state index < -0.39 is 8.32 Å². The molecule has 1 rings (SSSR count). The third-order valence-electron chi connectivity index (χ3n) is 3.55. The Bertz CT molecular complexity index is 478. The van der Waals surface area contributed by atoms with Gasteiger partial charge in [-0.2, -0.15) is 0 Å². The molecule has 0 bridgehead atoms. The first-order chi connectivity index (χ1) is 8.62. The van der Waals surface area contributed by atoms with E-state index in [9.17, 15) is 4.79 Å². The zero-order valence-corrected chi connectivity index (χ0v) is 14.1. The number of benzene rings is 1. The van der Waals surface area contributed by atoms with E-state index in [0.717, 1.165) is 6.29 Å². The molecule has 0 aliphatic heterocycles. The van der Waals surface area contributed by atoms with Gasteiger partial charge in [-0.05, 0) is 30.3 Å². The first kappa shape index (κ1) is 16.1. The van der Waals surface area contributed by atoms with Crippen molar-refractivity contribution in [1.29, 1.82) is 0 Å². The smallest absolute Gasteiger partial charge is 0.250 e. The van der Waals surface area contributed by atoms with Crippen LogP contribution in [0.25, 0.3) is 0 Å². The van der Waals surface area contributed by atoms with Gasteiger partial charge in [0.05, 0.1) is 12.1 Å². The van der Waals surface area contributed by atoms with E-state index in [1.165, 1.54) is 0 Å². The highest BCUT2D eigenvalue weighted by Crippen LogP contribution is 2.43. The SMILES string of the molecule is COc1cc(C=O)cc(Cl)c1O[Si](C)(C)C(C)(C)C. The van der Waals surface area contributed by atoms with Crippen LogP contribution in [0.2, 0.25) is 23.2 Å². The summed E-state index contributed by atoms with van der Waals surface area (Å²) in [5.41, 5.74) is 0.476. The number of methoxy groups -OCH3 is 1. The molecule has 0 aromatic heterocycles. The second kappa shape index (κ2) is 5.55. The second-order valence-corrected chi connectivity index (χ2v) is 11.1. The molecule has 1 aromatic rings. The summed E-state index contributed by atoms with van der Waals surface area (Å²) in [7, 11) is -0.465. The van der Waals surface area contributed by atoms with Gasteiger partial charge in [-0.15, -0.1) is 0 Å². The lowest BCUT2D eigenvalue weighted by Gasteiger charge is -2.37. The van der Waals surface area contributed by atoms with Crippen molar-refractivity contribution in [3.05, 3.63) is 22.7 Å². The van der Waals surface area contributed by atoms with Crippen LogP contribution in [0.3, 0.4) is 0 Å². The van der Waals surface area contributed by atoms with Crippen molar-refractivity contribution in [2.75, 3.05) is 7.11 Å². The highest BCUT2D eigenvalue weighted by Gasteiger charge is 2.40. The van der Waals surface area contributed by atoms with Crippen molar-refractivity contribution < 1.29 is 14.0 Å². The van der Waals surface area contributed by atoms with E-state index in [0.29, 0.717) is 22.1 Å². The van der Waals surface area contributed by atoms with Crippen molar-refractivity contribution in [3.8, 4) is 11.5 Å². The van der Waals surface area contributed by atoms with Crippen LogP contribution >= 0.6 is 11.6 Å². The molecule has 5 heteroatoms. The lowest BCUT2D eigenvalue weighted by Crippen LogP contribution is -2.44. The minimum absolute atomic E-state index is 0.0602. The Morgan fingerprint density at radius 3 is 2.26 bits per heavy atom. The van der Waals surface area contributed by atoms with Crippen LogP contribution in [-0.2, 0) is 0 Å². The normalized spacial score (nSPS) is 12.2. The molecule has 0 N–H and O–H groups in total. The molecule has 0 aliphatic carbocycles. The van der Waals surface area contributed by atoms with Gasteiger partial charge in [-0.3, -0.25) is 4.79 Å². The van der Waals surface area contributed by atoms with Gasteiger partial charge in [-0.25, -0.2) is 0 Å². The van der Waals surface area contributed by atoms with Gasteiger partial charge < -0.3 is 9.16 Å². The zero-order chi connectivity index (χ0) is 14.8. The lowest BCUT2D eigenvalue weighted by atomic mass is 10.2. The van der Waals surface area contributed by atoms with Gasteiger partial charge in [0, 0.05) is 5.56 Å². The molecule has 0 spiro atoms. The van der Waals surface area contributed by atoms with Crippen molar-refractivity contribution in [2.45, 2.75) is 38.9 Å². The third-order valence-corrected chi connectivity index (χ3v) is 8.16. The number of halogens is 1. The summed E-state index contributed by atoms with van der Waals surface area (Å²) >= 11 is 6.21. The van der Waals surface area contributed by atoms with Crippen LogP contribution in [0.4, 0.5) is 0 Å². The third kappa shape index (κ3) is 3.51. The quantitative estimate of drug-likeness (QED) is 0.604. The first-order valence-corrected chi connectivity index (χ1v) is 9.42. The van der Waals surface area contributed by atoms with Crippen LogP contribution in [0.5, 0.6) is 11.5 Å². The minimum Gasteiger partial charge on any atom is -0.540 e. The monoisotopic (exact) mass is 300 g/mol. The van der Waals surface area contributed by atoms with Gasteiger partial charge in [0.2, 0.25) is 0 Å². The van der Waals surface area contributed by atoms with E-state index >= 15 is 0 Å². The Kier molecular flexibility index (Phi) is 4.69. The van der Waals surface area contributed by atoms with E-state index in [2.05, 4.69) is 33.9 Å². The van der Waals surface area contributed by atoms with Crippen LogP contribution in [0.15, 0.2) is 12.1 Å². The van der Waals surface area contributed by atoms with Gasteiger partial charge >= 0.3 is 0 Å². The summed E-state index contributed by atoms with van der Waals surface area (Å²) in [4.78, 5) is 10.8. The van der Waals surface area contributed by atoms with Crippen LogP contribution in [0.1, 0.15) is 31.1 Å². The summed E-state index contributed by atoms with van der Waals surface area (Å²) in [6.07, 6.45) is 0.741. The predicted molar refractivity (Wildman–Crippen MR) is 81.2 cm³/mol. The number of aldehydes is 1. The molecule has 0 aliphatic rings. The summed E-state index contributed by atoms with van der Waals surface area (Å²) < 4.78 is 11.5. The molecule has 0 radical (unpaired) electrons. The number of carbonyl (C=O) groups excluding carboxylic acids is 1. The van der Waals surface area contributed by atoms with E-state index in [-0.39, 0.29) is 5.04 Å². The van der Waals surface area contributed by atoms with Crippen LogP contribution in [0, 0.1) is 0 Å². The zero-order valence-electron chi connectivity index (χ0n) is 12.3. The Morgan fingerprint density at radius 2 is 1.84 bits per heavy atom. The summed E-state index contributed by atoms with van der Waals surface area (Å²) in [6.45, 7) is 10.7. The summed E-state index contributed by atoms with van der Waals surface area (Å²) in [5, 5.41) is 0.469. The summed E-state index contributed by atoms with van der Waals surface area (Å²) in [6, 6.07) is 3.24. The first-order valence-electron chi connectivity index (χ1n) is 6.14. The van der Waals surface area contributed by atoms with Crippen molar-refractivity contribution >= 4 is 26.2 Å². The van der Waals surface area contributed by atoms with E-state index in [1.807, 2.05) is 0 Å². The van der Waals surface area contributed by atoms with Gasteiger partial charge in [0.1, 0.15) is 6.29 Å². The average molecular weight is 301 g/mol. The predicted octanol–water partition coefficient (Wildman–Crippen LogP) is 4.55. The second-order valence-electron chi connectivity index (χ2n) is 6.01. The number of ether oxygens (including phenoxy) is 1. The maximum absolute atomic E-state index is 10.8. The maximum Gasteiger partial charge on any atom is 0.250 e. The fourth-order valence-electron chi connectivity index (χ4n) is 1.32. The molecule has 0 unspecified atom stereocenters. The van der Waals surface area contributed by atoms with Crippen molar-refractivity contribution in [3.63, 3.8) is 0 Å². The highest BCUT2D eigenvalue weighted by atomic mass is 35.5.